The second-order valence-electron chi connectivity index (χ2n) is 3.34. The van der Waals surface area contributed by atoms with Crippen molar-refractivity contribution in [1.82, 2.24) is 9.78 Å². The Kier molecular flexibility index (Phi) is 3.18. The first-order valence-electron chi connectivity index (χ1n) is 4.75. The van der Waals surface area contributed by atoms with E-state index in [0.29, 0.717) is 6.54 Å². The highest BCUT2D eigenvalue weighted by Crippen LogP contribution is 2.12. The number of halogens is 1. The Balaban J connectivity index is 2.14. The molecule has 2 rings (SSSR count). The summed E-state index contributed by atoms with van der Waals surface area (Å²) in [7, 11) is 0. The van der Waals surface area contributed by atoms with Gasteiger partial charge in [0, 0.05) is 17.2 Å². The lowest BCUT2D eigenvalue weighted by molar-refractivity contribution is 0.671. The zero-order valence-corrected chi connectivity index (χ0v) is 9.81. The van der Waals surface area contributed by atoms with Crippen LogP contribution < -0.4 is 5.73 Å². The number of aromatic nitrogens is 2. The summed E-state index contributed by atoms with van der Waals surface area (Å²) in [6, 6.07) is 10.1. The van der Waals surface area contributed by atoms with Crippen LogP contribution in [0, 0.1) is 0 Å². The first-order valence-corrected chi connectivity index (χ1v) is 5.54. The molecule has 0 atom stereocenters. The lowest BCUT2D eigenvalue weighted by Crippen LogP contribution is -2.03. The average molecular weight is 266 g/mol. The molecule has 4 heteroatoms. The second kappa shape index (κ2) is 4.59. The molecule has 0 aliphatic carbocycles. The minimum Gasteiger partial charge on any atom is -0.325 e. The van der Waals surface area contributed by atoms with Crippen molar-refractivity contribution in [2.45, 2.75) is 13.1 Å². The number of benzene rings is 1. The maximum Gasteiger partial charge on any atom is 0.0760 e. The Hall–Kier alpha value is -1.13. The van der Waals surface area contributed by atoms with Gasteiger partial charge in [0.15, 0.2) is 0 Å². The van der Waals surface area contributed by atoms with Crippen molar-refractivity contribution >= 4 is 15.9 Å². The monoisotopic (exact) mass is 265 g/mol. The van der Waals surface area contributed by atoms with Crippen molar-refractivity contribution in [2.24, 2.45) is 5.73 Å². The van der Waals surface area contributed by atoms with E-state index < -0.39 is 0 Å². The SMILES string of the molecule is NCc1ccn(Cc2cccc(Br)c2)n1. The van der Waals surface area contributed by atoms with Crippen LogP contribution in [0.5, 0.6) is 0 Å². The predicted octanol–water partition coefficient (Wildman–Crippen LogP) is 2.15. The van der Waals surface area contributed by atoms with Gasteiger partial charge in [0.2, 0.25) is 0 Å². The predicted molar refractivity (Wildman–Crippen MR) is 63.4 cm³/mol. The first-order chi connectivity index (χ1) is 7.28. The Morgan fingerprint density at radius 2 is 2.20 bits per heavy atom. The van der Waals surface area contributed by atoms with E-state index in [1.807, 2.05) is 29.1 Å². The zero-order valence-electron chi connectivity index (χ0n) is 8.23. The van der Waals surface area contributed by atoms with Gasteiger partial charge in [-0.05, 0) is 23.8 Å². The molecule has 0 saturated carbocycles. The Bertz CT molecular complexity index is 451. The van der Waals surface area contributed by atoms with Crippen LogP contribution >= 0.6 is 15.9 Å². The van der Waals surface area contributed by atoms with Crippen molar-refractivity contribution in [3.63, 3.8) is 0 Å². The summed E-state index contributed by atoms with van der Waals surface area (Å²) in [4.78, 5) is 0. The maximum absolute atomic E-state index is 5.50. The van der Waals surface area contributed by atoms with E-state index in [1.54, 1.807) is 0 Å². The summed E-state index contributed by atoms with van der Waals surface area (Å²) in [5.41, 5.74) is 7.64. The summed E-state index contributed by atoms with van der Waals surface area (Å²) in [6.07, 6.45) is 1.95. The Labute approximate surface area is 97.0 Å². The van der Waals surface area contributed by atoms with E-state index in [4.69, 9.17) is 5.73 Å². The minimum atomic E-state index is 0.492. The molecule has 0 spiro atoms. The summed E-state index contributed by atoms with van der Waals surface area (Å²) in [6.45, 7) is 1.27. The van der Waals surface area contributed by atoms with Gasteiger partial charge in [0.05, 0.1) is 12.2 Å². The third kappa shape index (κ3) is 2.67. The van der Waals surface area contributed by atoms with Crippen LogP contribution in [-0.4, -0.2) is 9.78 Å². The van der Waals surface area contributed by atoms with E-state index in [0.717, 1.165) is 16.7 Å². The summed E-state index contributed by atoms with van der Waals surface area (Å²) in [5, 5.41) is 4.33. The number of hydrogen-bond acceptors (Lipinski definition) is 2. The third-order valence-corrected chi connectivity index (χ3v) is 2.63. The Morgan fingerprint density at radius 1 is 1.33 bits per heavy atom. The number of nitrogens with two attached hydrogens (primary N) is 1. The van der Waals surface area contributed by atoms with Crippen LogP contribution in [0.25, 0.3) is 0 Å². The smallest absolute Gasteiger partial charge is 0.0760 e. The lowest BCUT2D eigenvalue weighted by Gasteiger charge is -2.02. The fourth-order valence-electron chi connectivity index (χ4n) is 1.42. The topological polar surface area (TPSA) is 43.8 Å². The average Bonchev–Trinajstić information content (AvgIpc) is 2.65. The third-order valence-electron chi connectivity index (χ3n) is 2.14. The summed E-state index contributed by atoms with van der Waals surface area (Å²) < 4.78 is 2.98. The maximum atomic E-state index is 5.50. The molecule has 0 aliphatic heterocycles. The molecule has 78 valence electrons. The fourth-order valence-corrected chi connectivity index (χ4v) is 1.87. The van der Waals surface area contributed by atoms with Gasteiger partial charge in [-0.25, -0.2) is 0 Å². The van der Waals surface area contributed by atoms with Crippen LogP contribution in [0.2, 0.25) is 0 Å². The van der Waals surface area contributed by atoms with Crippen LogP contribution in [0.15, 0.2) is 41.0 Å². The van der Waals surface area contributed by atoms with Gasteiger partial charge in [0.25, 0.3) is 0 Å². The molecule has 1 aromatic heterocycles. The van der Waals surface area contributed by atoms with Crippen molar-refractivity contribution in [3.05, 3.63) is 52.3 Å². The standard InChI is InChI=1S/C11H12BrN3/c12-10-3-1-2-9(6-10)8-15-5-4-11(7-13)14-15/h1-6H,7-8,13H2. The minimum absolute atomic E-state index is 0.492. The van der Waals surface area contributed by atoms with Crippen molar-refractivity contribution in [3.8, 4) is 0 Å². The van der Waals surface area contributed by atoms with Crippen LogP contribution in [0.4, 0.5) is 0 Å². The summed E-state index contributed by atoms with van der Waals surface area (Å²) >= 11 is 3.44. The van der Waals surface area contributed by atoms with E-state index in [-0.39, 0.29) is 0 Å². The number of nitrogens with zero attached hydrogens (tertiary/aromatic N) is 2. The van der Waals surface area contributed by atoms with Crippen molar-refractivity contribution in [1.29, 1.82) is 0 Å². The molecule has 2 N–H and O–H groups in total. The van der Waals surface area contributed by atoms with Crippen LogP contribution in [0.1, 0.15) is 11.3 Å². The van der Waals surface area contributed by atoms with Gasteiger partial charge in [-0.3, -0.25) is 4.68 Å². The molecule has 0 saturated heterocycles. The van der Waals surface area contributed by atoms with Gasteiger partial charge in [-0.15, -0.1) is 0 Å². The fraction of sp³-hybridized carbons (Fsp3) is 0.182. The molecular weight excluding hydrogens is 254 g/mol. The van der Waals surface area contributed by atoms with Gasteiger partial charge in [0.1, 0.15) is 0 Å². The summed E-state index contributed by atoms with van der Waals surface area (Å²) in [5.74, 6) is 0. The molecule has 3 nitrogen and oxygen atoms in total. The molecular formula is C11H12BrN3. The van der Waals surface area contributed by atoms with Gasteiger partial charge >= 0.3 is 0 Å². The van der Waals surface area contributed by atoms with Crippen LogP contribution in [0.3, 0.4) is 0 Å². The highest BCUT2D eigenvalue weighted by Gasteiger charge is 1.98. The molecule has 0 radical (unpaired) electrons. The molecule has 1 heterocycles. The van der Waals surface area contributed by atoms with Crippen LogP contribution in [-0.2, 0) is 13.1 Å². The largest absolute Gasteiger partial charge is 0.325 e. The number of hydrogen-bond donors (Lipinski definition) is 1. The van der Waals surface area contributed by atoms with Gasteiger partial charge in [-0.2, -0.15) is 5.10 Å². The highest BCUT2D eigenvalue weighted by atomic mass is 79.9. The molecule has 0 amide bonds. The molecule has 15 heavy (non-hydrogen) atoms. The molecule has 1 aromatic carbocycles. The molecule has 2 aromatic rings. The van der Waals surface area contributed by atoms with Gasteiger partial charge in [-0.1, -0.05) is 28.1 Å². The van der Waals surface area contributed by atoms with E-state index >= 15 is 0 Å². The normalized spacial score (nSPS) is 10.5. The van der Waals surface area contributed by atoms with Crippen molar-refractivity contribution in [2.75, 3.05) is 0 Å². The molecule has 0 fully saturated rings. The van der Waals surface area contributed by atoms with Crippen molar-refractivity contribution < 1.29 is 0 Å². The Morgan fingerprint density at radius 3 is 2.87 bits per heavy atom. The molecule has 0 aliphatic rings. The molecule has 0 unspecified atom stereocenters. The molecule has 0 bridgehead atoms. The quantitative estimate of drug-likeness (QED) is 0.925. The zero-order chi connectivity index (χ0) is 10.7. The van der Waals surface area contributed by atoms with E-state index in [9.17, 15) is 0 Å². The van der Waals surface area contributed by atoms with Gasteiger partial charge < -0.3 is 5.73 Å². The van der Waals surface area contributed by atoms with E-state index in [2.05, 4.69) is 33.2 Å². The lowest BCUT2D eigenvalue weighted by atomic mass is 10.2. The first kappa shape index (κ1) is 10.4. The number of rotatable bonds is 3. The van der Waals surface area contributed by atoms with E-state index in [1.165, 1.54) is 5.56 Å². The highest BCUT2D eigenvalue weighted by molar-refractivity contribution is 9.10. The second-order valence-corrected chi connectivity index (χ2v) is 4.25.